The second-order valence-corrected chi connectivity index (χ2v) is 3.03. The molecule has 1 aliphatic heterocycles. The monoisotopic (exact) mass is 165 g/mol. The van der Waals surface area contributed by atoms with Crippen LogP contribution >= 0.6 is 0 Å². The molecule has 0 unspecified atom stereocenters. The number of hydrogen-bond acceptors (Lipinski definition) is 1. The van der Waals surface area contributed by atoms with E-state index >= 15 is 0 Å². The lowest BCUT2D eigenvalue weighted by atomic mass is 10.3. The molecule has 0 aliphatic carbocycles. The Morgan fingerprint density at radius 1 is 1.50 bits per heavy atom. The van der Waals surface area contributed by atoms with Crippen molar-refractivity contribution < 1.29 is 4.79 Å². The molecule has 1 fully saturated rings. The van der Waals surface area contributed by atoms with E-state index in [2.05, 4.69) is 12.3 Å². The quantitative estimate of drug-likeness (QED) is 0.583. The smallest absolute Gasteiger partial charge is 0.222 e. The zero-order valence-electron chi connectivity index (χ0n) is 7.38. The molecule has 0 bridgehead atoms. The lowest BCUT2D eigenvalue weighted by Gasteiger charge is -2.13. The van der Waals surface area contributed by atoms with Gasteiger partial charge in [-0.15, -0.1) is 5.73 Å². The van der Waals surface area contributed by atoms with Crippen molar-refractivity contribution in [3.05, 3.63) is 18.4 Å². The third-order valence-electron chi connectivity index (χ3n) is 2.11. The van der Waals surface area contributed by atoms with Gasteiger partial charge in [-0.2, -0.15) is 0 Å². The van der Waals surface area contributed by atoms with Crippen LogP contribution in [-0.4, -0.2) is 23.9 Å². The Labute approximate surface area is 73.6 Å². The summed E-state index contributed by atoms with van der Waals surface area (Å²) in [5, 5.41) is 0. The number of carbonyl (C=O) groups is 1. The van der Waals surface area contributed by atoms with E-state index in [1.54, 1.807) is 0 Å². The molecule has 0 aromatic heterocycles. The van der Waals surface area contributed by atoms with Crippen LogP contribution < -0.4 is 0 Å². The molecule has 66 valence electrons. The van der Waals surface area contributed by atoms with E-state index in [9.17, 15) is 4.79 Å². The lowest BCUT2D eigenvalue weighted by molar-refractivity contribution is -0.130. The fraction of sp³-hybridized carbons (Fsp3) is 0.600. The van der Waals surface area contributed by atoms with Crippen LogP contribution in [0.2, 0.25) is 0 Å². The van der Waals surface area contributed by atoms with Crippen molar-refractivity contribution in [3.63, 3.8) is 0 Å². The third kappa shape index (κ3) is 2.55. The number of rotatable bonds is 3. The van der Waals surface area contributed by atoms with Gasteiger partial charge in [0.15, 0.2) is 0 Å². The predicted molar refractivity (Wildman–Crippen MR) is 48.8 cm³/mol. The highest BCUT2D eigenvalue weighted by molar-refractivity contribution is 5.76. The SMILES string of the molecule is C=C=CCCC(=O)N1CCCC1. The topological polar surface area (TPSA) is 20.3 Å². The predicted octanol–water partition coefficient (Wildman–Crippen LogP) is 1.73. The minimum absolute atomic E-state index is 0.277. The second-order valence-electron chi connectivity index (χ2n) is 3.03. The zero-order valence-corrected chi connectivity index (χ0v) is 7.38. The molecular weight excluding hydrogens is 150 g/mol. The van der Waals surface area contributed by atoms with E-state index in [0.29, 0.717) is 6.42 Å². The van der Waals surface area contributed by atoms with Gasteiger partial charge in [0.2, 0.25) is 5.91 Å². The second kappa shape index (κ2) is 4.78. The van der Waals surface area contributed by atoms with Gasteiger partial charge >= 0.3 is 0 Å². The summed E-state index contributed by atoms with van der Waals surface area (Å²) in [5.74, 6) is 0.277. The molecule has 1 aliphatic rings. The summed E-state index contributed by atoms with van der Waals surface area (Å²) in [6.07, 6.45) is 5.54. The molecule has 0 aromatic carbocycles. The van der Waals surface area contributed by atoms with Gasteiger partial charge in [-0.05, 0) is 25.3 Å². The number of allylic oxidation sites excluding steroid dienone is 1. The molecule has 0 spiro atoms. The van der Waals surface area contributed by atoms with Gasteiger partial charge in [0.05, 0.1) is 0 Å². The van der Waals surface area contributed by atoms with Gasteiger partial charge in [-0.1, -0.05) is 6.58 Å². The number of hydrogen-bond donors (Lipinski definition) is 0. The van der Waals surface area contributed by atoms with Crippen LogP contribution in [0.4, 0.5) is 0 Å². The molecule has 0 saturated carbocycles. The Morgan fingerprint density at radius 3 is 2.75 bits per heavy atom. The number of carbonyl (C=O) groups excluding carboxylic acids is 1. The minimum atomic E-state index is 0.277. The molecule has 2 heteroatoms. The van der Waals surface area contributed by atoms with Crippen molar-refractivity contribution in [1.29, 1.82) is 0 Å². The summed E-state index contributed by atoms with van der Waals surface area (Å²) in [5.41, 5.74) is 2.67. The Balaban J connectivity index is 2.22. The van der Waals surface area contributed by atoms with Crippen LogP contribution in [0.25, 0.3) is 0 Å². The molecule has 0 radical (unpaired) electrons. The van der Waals surface area contributed by atoms with Gasteiger partial charge in [0, 0.05) is 19.5 Å². The fourth-order valence-electron chi connectivity index (χ4n) is 1.42. The van der Waals surface area contributed by atoms with E-state index in [-0.39, 0.29) is 5.91 Å². The summed E-state index contributed by atoms with van der Waals surface area (Å²) in [6, 6.07) is 0. The van der Waals surface area contributed by atoms with E-state index < -0.39 is 0 Å². The molecule has 1 saturated heterocycles. The van der Waals surface area contributed by atoms with Gasteiger partial charge in [0.1, 0.15) is 0 Å². The van der Waals surface area contributed by atoms with Crippen LogP contribution in [-0.2, 0) is 4.79 Å². The highest BCUT2D eigenvalue weighted by Crippen LogP contribution is 2.09. The maximum absolute atomic E-state index is 11.4. The van der Waals surface area contributed by atoms with Crippen molar-refractivity contribution in [2.45, 2.75) is 25.7 Å². The molecule has 0 N–H and O–H groups in total. The first-order valence-electron chi connectivity index (χ1n) is 4.46. The molecule has 0 atom stereocenters. The average molecular weight is 165 g/mol. The number of likely N-dealkylation sites (tertiary alicyclic amines) is 1. The number of nitrogens with zero attached hydrogens (tertiary/aromatic N) is 1. The van der Waals surface area contributed by atoms with Crippen LogP contribution in [0.15, 0.2) is 18.4 Å². The summed E-state index contributed by atoms with van der Waals surface area (Å²) in [6.45, 7) is 5.36. The molecule has 12 heavy (non-hydrogen) atoms. The van der Waals surface area contributed by atoms with Crippen LogP contribution in [0.3, 0.4) is 0 Å². The van der Waals surface area contributed by atoms with Crippen molar-refractivity contribution in [2.24, 2.45) is 0 Å². The third-order valence-corrected chi connectivity index (χ3v) is 2.11. The van der Waals surface area contributed by atoms with E-state index in [4.69, 9.17) is 0 Å². The lowest BCUT2D eigenvalue weighted by Crippen LogP contribution is -2.26. The molecule has 1 rings (SSSR count). The van der Waals surface area contributed by atoms with Crippen LogP contribution in [0.5, 0.6) is 0 Å². The van der Waals surface area contributed by atoms with Gasteiger partial charge in [-0.25, -0.2) is 0 Å². The number of amides is 1. The summed E-state index contributed by atoms with van der Waals surface area (Å²) < 4.78 is 0. The maximum Gasteiger partial charge on any atom is 0.222 e. The van der Waals surface area contributed by atoms with E-state index in [1.165, 1.54) is 12.8 Å². The van der Waals surface area contributed by atoms with E-state index in [1.807, 2.05) is 11.0 Å². The Bertz CT molecular complexity index is 198. The first-order valence-corrected chi connectivity index (χ1v) is 4.46. The molecule has 2 nitrogen and oxygen atoms in total. The Kier molecular flexibility index (Phi) is 3.62. The largest absolute Gasteiger partial charge is 0.343 e. The summed E-state index contributed by atoms with van der Waals surface area (Å²) in [4.78, 5) is 13.3. The zero-order chi connectivity index (χ0) is 8.81. The van der Waals surface area contributed by atoms with Crippen molar-refractivity contribution in [3.8, 4) is 0 Å². The molecule has 0 aromatic rings. The highest BCUT2D eigenvalue weighted by atomic mass is 16.2. The molecular formula is C10H15NO. The Morgan fingerprint density at radius 2 is 2.17 bits per heavy atom. The van der Waals surface area contributed by atoms with Gasteiger partial charge in [-0.3, -0.25) is 4.79 Å². The fourth-order valence-corrected chi connectivity index (χ4v) is 1.42. The average Bonchev–Trinajstić information content (AvgIpc) is 2.56. The van der Waals surface area contributed by atoms with Crippen molar-refractivity contribution in [2.75, 3.05) is 13.1 Å². The van der Waals surface area contributed by atoms with E-state index in [0.717, 1.165) is 19.5 Å². The van der Waals surface area contributed by atoms with Crippen molar-refractivity contribution >= 4 is 5.91 Å². The summed E-state index contributed by atoms with van der Waals surface area (Å²) in [7, 11) is 0. The highest BCUT2D eigenvalue weighted by Gasteiger charge is 2.16. The van der Waals surface area contributed by atoms with Gasteiger partial charge < -0.3 is 4.90 Å². The first kappa shape index (κ1) is 9.08. The molecule has 1 amide bonds. The van der Waals surface area contributed by atoms with Crippen molar-refractivity contribution in [1.82, 2.24) is 4.90 Å². The maximum atomic E-state index is 11.4. The van der Waals surface area contributed by atoms with Gasteiger partial charge in [0.25, 0.3) is 0 Å². The van der Waals surface area contributed by atoms with Crippen LogP contribution in [0.1, 0.15) is 25.7 Å². The minimum Gasteiger partial charge on any atom is -0.343 e. The van der Waals surface area contributed by atoms with Crippen LogP contribution in [0, 0.1) is 0 Å². The Hall–Kier alpha value is -1.01. The first-order chi connectivity index (χ1) is 5.84. The standard InChI is InChI=1S/C10H15NO/c1-2-3-4-7-10(12)11-8-5-6-9-11/h3H,1,4-9H2. The summed E-state index contributed by atoms with van der Waals surface area (Å²) >= 11 is 0. The molecule has 1 heterocycles. The normalized spacial score (nSPS) is 15.8.